The van der Waals surface area contributed by atoms with Crippen molar-refractivity contribution in [2.75, 3.05) is 18.0 Å². The maximum atomic E-state index is 13.3. The van der Waals surface area contributed by atoms with Crippen LogP contribution in [0, 0.1) is 5.82 Å². The summed E-state index contributed by atoms with van der Waals surface area (Å²) in [6.07, 6.45) is 4.00. The van der Waals surface area contributed by atoms with Gasteiger partial charge in [0, 0.05) is 25.8 Å². The summed E-state index contributed by atoms with van der Waals surface area (Å²) in [4.78, 5) is 18.4. The second-order valence-electron chi connectivity index (χ2n) is 5.49. The zero-order valence-electron chi connectivity index (χ0n) is 12.8. The van der Waals surface area contributed by atoms with Crippen LogP contribution in [0.1, 0.15) is 21.5 Å². The number of pyridine rings is 1. The molecule has 0 saturated heterocycles. The molecule has 1 N–H and O–H groups in total. The lowest BCUT2D eigenvalue weighted by Crippen LogP contribution is -2.31. The van der Waals surface area contributed by atoms with Crippen molar-refractivity contribution in [3.05, 3.63) is 71.7 Å². The van der Waals surface area contributed by atoms with Crippen molar-refractivity contribution < 1.29 is 9.18 Å². The normalized spacial score (nSPS) is 13.3. The van der Waals surface area contributed by atoms with Crippen LogP contribution in [0.15, 0.2) is 49.2 Å². The molecule has 0 saturated carbocycles. The van der Waals surface area contributed by atoms with E-state index in [0.717, 1.165) is 29.9 Å². The van der Waals surface area contributed by atoms with Crippen LogP contribution in [0.3, 0.4) is 0 Å². The van der Waals surface area contributed by atoms with Crippen molar-refractivity contribution in [2.45, 2.75) is 13.0 Å². The molecule has 0 aliphatic carbocycles. The zero-order valence-corrected chi connectivity index (χ0v) is 12.8. The van der Waals surface area contributed by atoms with E-state index < -0.39 is 0 Å². The number of aromatic nitrogens is 1. The summed E-state index contributed by atoms with van der Waals surface area (Å²) >= 11 is 0. The summed E-state index contributed by atoms with van der Waals surface area (Å²) in [5, 5.41) is 2.72. The third kappa shape index (κ3) is 3.39. The molecule has 118 valence electrons. The Bertz CT molecular complexity index is 728. The Morgan fingerprint density at radius 3 is 2.96 bits per heavy atom. The molecule has 0 bridgehead atoms. The van der Waals surface area contributed by atoms with Gasteiger partial charge in [-0.2, -0.15) is 0 Å². The van der Waals surface area contributed by atoms with Crippen molar-refractivity contribution in [1.82, 2.24) is 10.3 Å². The molecule has 5 heteroatoms. The van der Waals surface area contributed by atoms with E-state index >= 15 is 0 Å². The first-order valence-electron chi connectivity index (χ1n) is 7.55. The van der Waals surface area contributed by atoms with E-state index in [-0.39, 0.29) is 11.7 Å². The molecule has 0 radical (unpaired) electrons. The number of halogens is 1. The van der Waals surface area contributed by atoms with E-state index in [1.807, 2.05) is 12.1 Å². The minimum absolute atomic E-state index is 0.164. The smallest absolute Gasteiger partial charge is 0.253 e. The van der Waals surface area contributed by atoms with E-state index in [0.29, 0.717) is 18.7 Å². The van der Waals surface area contributed by atoms with Crippen LogP contribution in [0.2, 0.25) is 0 Å². The largest absolute Gasteiger partial charge is 0.352 e. The average molecular weight is 311 g/mol. The minimum Gasteiger partial charge on any atom is -0.352 e. The van der Waals surface area contributed by atoms with Crippen molar-refractivity contribution >= 4 is 11.7 Å². The first-order valence-corrected chi connectivity index (χ1v) is 7.55. The number of anilines is 1. The van der Waals surface area contributed by atoms with Crippen LogP contribution in [0.4, 0.5) is 10.2 Å². The number of rotatable bonds is 4. The number of fused-ring (bicyclic) bond motifs is 1. The molecule has 4 nitrogen and oxygen atoms in total. The van der Waals surface area contributed by atoms with Crippen molar-refractivity contribution in [2.24, 2.45) is 0 Å². The maximum absolute atomic E-state index is 13.3. The molecule has 1 aliphatic heterocycles. The van der Waals surface area contributed by atoms with Crippen LogP contribution < -0.4 is 10.2 Å². The Morgan fingerprint density at radius 1 is 1.35 bits per heavy atom. The lowest BCUT2D eigenvalue weighted by atomic mass is 9.99. The minimum atomic E-state index is -0.190. The Hall–Kier alpha value is -2.69. The molecule has 1 aromatic carbocycles. The lowest BCUT2D eigenvalue weighted by molar-refractivity contribution is 0.0957. The Morgan fingerprint density at radius 2 is 2.22 bits per heavy atom. The van der Waals surface area contributed by atoms with E-state index in [1.165, 1.54) is 6.07 Å². The third-order valence-corrected chi connectivity index (χ3v) is 3.92. The van der Waals surface area contributed by atoms with Gasteiger partial charge in [0.1, 0.15) is 11.6 Å². The van der Waals surface area contributed by atoms with Crippen molar-refractivity contribution in [3.63, 3.8) is 0 Å². The summed E-state index contributed by atoms with van der Waals surface area (Å²) in [6, 6.07) is 8.53. The third-order valence-electron chi connectivity index (χ3n) is 3.92. The highest BCUT2D eigenvalue weighted by Crippen LogP contribution is 2.23. The number of benzene rings is 1. The number of hydrogen-bond acceptors (Lipinski definition) is 3. The summed E-state index contributed by atoms with van der Waals surface area (Å²) in [5.41, 5.74) is 2.70. The first-order chi connectivity index (χ1) is 11.2. The quantitative estimate of drug-likeness (QED) is 0.883. The van der Waals surface area contributed by atoms with Crippen LogP contribution in [0.5, 0.6) is 0 Å². The number of nitrogens with zero attached hydrogens (tertiary/aromatic N) is 2. The van der Waals surface area contributed by atoms with Crippen molar-refractivity contribution in [1.29, 1.82) is 0 Å². The van der Waals surface area contributed by atoms with Crippen LogP contribution in [0.25, 0.3) is 0 Å². The molecule has 0 unspecified atom stereocenters. The first kappa shape index (κ1) is 15.2. The fourth-order valence-corrected chi connectivity index (χ4v) is 2.69. The van der Waals surface area contributed by atoms with E-state index in [2.05, 4.69) is 21.8 Å². The number of carbonyl (C=O) groups is 1. The van der Waals surface area contributed by atoms with Crippen LogP contribution >= 0.6 is 0 Å². The SMILES string of the molecule is C=CCNC(=O)c1ccc(N2CCc3cc(F)ccc3C2)nc1. The monoisotopic (exact) mass is 311 g/mol. The zero-order chi connectivity index (χ0) is 16.2. The highest BCUT2D eigenvalue weighted by molar-refractivity contribution is 5.94. The molecule has 1 amide bonds. The van der Waals surface area contributed by atoms with Gasteiger partial charge in [0.2, 0.25) is 0 Å². The second kappa shape index (κ2) is 6.60. The van der Waals surface area contributed by atoms with E-state index in [4.69, 9.17) is 0 Å². The Labute approximate surface area is 134 Å². The Balaban J connectivity index is 1.72. The molecule has 1 aliphatic rings. The molecule has 0 atom stereocenters. The van der Waals surface area contributed by atoms with E-state index in [1.54, 1.807) is 24.4 Å². The summed E-state index contributed by atoms with van der Waals surface area (Å²) in [7, 11) is 0. The molecular weight excluding hydrogens is 293 g/mol. The molecule has 0 fully saturated rings. The number of nitrogens with one attached hydrogen (secondary N) is 1. The summed E-state index contributed by atoms with van der Waals surface area (Å²) in [5.74, 6) is 0.467. The van der Waals surface area contributed by atoms with Crippen LogP contribution in [-0.2, 0) is 13.0 Å². The molecule has 2 aromatic rings. The fraction of sp³-hybridized carbons (Fsp3) is 0.222. The van der Waals surface area contributed by atoms with Gasteiger partial charge < -0.3 is 10.2 Å². The highest BCUT2D eigenvalue weighted by Gasteiger charge is 2.18. The highest BCUT2D eigenvalue weighted by atomic mass is 19.1. The molecular formula is C18H18FN3O. The van der Waals surface area contributed by atoms with Crippen molar-refractivity contribution in [3.8, 4) is 0 Å². The number of amides is 1. The van der Waals surface area contributed by atoms with Gasteiger partial charge in [0.25, 0.3) is 5.91 Å². The second-order valence-corrected chi connectivity index (χ2v) is 5.49. The number of hydrogen-bond donors (Lipinski definition) is 1. The van der Waals surface area contributed by atoms with Gasteiger partial charge in [-0.1, -0.05) is 12.1 Å². The van der Waals surface area contributed by atoms with E-state index in [9.17, 15) is 9.18 Å². The number of carbonyl (C=O) groups excluding carboxylic acids is 1. The maximum Gasteiger partial charge on any atom is 0.253 e. The Kier molecular flexibility index (Phi) is 4.37. The molecule has 2 heterocycles. The molecule has 23 heavy (non-hydrogen) atoms. The predicted octanol–water partition coefficient (Wildman–Crippen LogP) is 2.70. The van der Waals surface area contributed by atoms with Gasteiger partial charge in [0.05, 0.1) is 5.56 Å². The summed E-state index contributed by atoms with van der Waals surface area (Å²) in [6.45, 7) is 5.48. The van der Waals surface area contributed by atoms with Gasteiger partial charge in [-0.05, 0) is 41.8 Å². The topological polar surface area (TPSA) is 45.2 Å². The predicted molar refractivity (Wildman–Crippen MR) is 87.9 cm³/mol. The van der Waals surface area contributed by atoms with Gasteiger partial charge >= 0.3 is 0 Å². The van der Waals surface area contributed by atoms with Gasteiger partial charge in [-0.25, -0.2) is 9.37 Å². The van der Waals surface area contributed by atoms with Gasteiger partial charge in [-0.3, -0.25) is 4.79 Å². The summed E-state index contributed by atoms with van der Waals surface area (Å²) < 4.78 is 13.3. The fourth-order valence-electron chi connectivity index (χ4n) is 2.69. The lowest BCUT2D eigenvalue weighted by Gasteiger charge is -2.29. The molecule has 3 rings (SSSR count). The molecule has 0 spiro atoms. The van der Waals surface area contributed by atoms with Crippen LogP contribution in [-0.4, -0.2) is 24.0 Å². The standard InChI is InChI=1S/C18H18FN3O/c1-2-8-20-18(23)14-4-6-17(21-11-14)22-9-7-13-10-16(19)5-3-15(13)12-22/h2-6,10-11H,1,7-9,12H2,(H,20,23). The molecule has 1 aromatic heterocycles. The van der Waals surface area contributed by atoms with Gasteiger partial charge in [-0.15, -0.1) is 6.58 Å². The van der Waals surface area contributed by atoms with Gasteiger partial charge in [0.15, 0.2) is 0 Å². The average Bonchev–Trinajstić information content (AvgIpc) is 2.59.